The Morgan fingerprint density at radius 2 is 1.89 bits per heavy atom. The van der Waals surface area contributed by atoms with Crippen molar-refractivity contribution in [1.29, 1.82) is 0 Å². The van der Waals surface area contributed by atoms with Gasteiger partial charge < -0.3 is 6.53 Å². The summed E-state index contributed by atoms with van der Waals surface area (Å²) in [5, 5.41) is 9.06. The number of rotatable bonds is 0. The summed E-state index contributed by atoms with van der Waals surface area (Å²) >= 11 is 0. The molecule has 0 amide bonds. The zero-order valence-corrected chi connectivity index (χ0v) is 8.28. The van der Waals surface area contributed by atoms with Crippen molar-refractivity contribution in [2.45, 2.75) is 32.6 Å². The van der Waals surface area contributed by atoms with Gasteiger partial charge in [-0.05, 0) is 31.8 Å². The average Bonchev–Trinajstić information content (AvgIpc) is 1.77. The van der Waals surface area contributed by atoms with Crippen LogP contribution in [0.3, 0.4) is 0 Å². The van der Waals surface area contributed by atoms with Crippen LogP contribution in [0.1, 0.15) is 34.0 Å². The zero-order chi connectivity index (χ0) is 5.98. The summed E-state index contributed by atoms with van der Waals surface area (Å²) in [6.07, 6.45) is 4.44. The summed E-state index contributed by atoms with van der Waals surface area (Å²) in [6.45, 7) is 2.01. The molecule has 48 valence electrons. The molecule has 0 radical (unpaired) electrons. The fourth-order valence-corrected chi connectivity index (χ4v) is 1.04. The minimum atomic E-state index is 0. The van der Waals surface area contributed by atoms with Gasteiger partial charge in [0.1, 0.15) is 0 Å². The first-order valence-corrected chi connectivity index (χ1v) is 3.18. The number of aliphatic hydroxyl groups excluding tert-OH is 1. The quantitative estimate of drug-likeness (QED) is 0.445. The molecule has 1 rings (SSSR count). The van der Waals surface area contributed by atoms with Gasteiger partial charge in [0.2, 0.25) is 0 Å². The molecular weight excluding hydrogens is 123 g/mol. The minimum absolute atomic E-state index is 0. The van der Waals surface area contributed by atoms with E-state index in [-0.39, 0.29) is 31.0 Å². The maximum atomic E-state index is 9.06. The molecule has 0 saturated heterocycles. The molecule has 9 heavy (non-hydrogen) atoms. The van der Waals surface area contributed by atoms with Gasteiger partial charge in [-0.25, -0.2) is 0 Å². The summed E-state index contributed by atoms with van der Waals surface area (Å²) < 4.78 is 0. The van der Waals surface area contributed by atoms with Crippen molar-refractivity contribution in [2.75, 3.05) is 0 Å². The van der Waals surface area contributed by atoms with Crippen LogP contribution in [0.25, 0.3) is 0 Å². The molecule has 0 fully saturated rings. The van der Waals surface area contributed by atoms with Crippen molar-refractivity contribution in [2.24, 2.45) is 0 Å². The van der Waals surface area contributed by atoms with E-state index in [4.69, 9.17) is 5.11 Å². The molecular formula is C7H13NaO. The van der Waals surface area contributed by atoms with Crippen LogP contribution >= 0.6 is 0 Å². The zero-order valence-electron chi connectivity index (χ0n) is 7.28. The van der Waals surface area contributed by atoms with Crippen LogP contribution in [0.2, 0.25) is 0 Å². The first-order valence-electron chi connectivity index (χ1n) is 3.18. The summed E-state index contributed by atoms with van der Waals surface area (Å²) in [4.78, 5) is 0. The van der Waals surface area contributed by atoms with Gasteiger partial charge in [0.05, 0.1) is 5.76 Å². The second kappa shape index (κ2) is 4.37. The van der Waals surface area contributed by atoms with Crippen molar-refractivity contribution >= 4 is 0 Å². The summed E-state index contributed by atoms with van der Waals surface area (Å²) in [5.41, 5.74) is 1.19. The summed E-state index contributed by atoms with van der Waals surface area (Å²) in [7, 11) is 0. The molecule has 0 aromatic carbocycles. The number of allylic oxidation sites excluding steroid dienone is 2. The third kappa shape index (κ3) is 2.74. The van der Waals surface area contributed by atoms with Crippen LogP contribution in [0, 0.1) is 0 Å². The Hall–Kier alpha value is 0.540. The third-order valence-corrected chi connectivity index (χ3v) is 1.71. The monoisotopic (exact) mass is 136 g/mol. The molecule has 0 aliphatic heterocycles. The number of hydrogen-bond acceptors (Lipinski definition) is 1. The van der Waals surface area contributed by atoms with Gasteiger partial charge >= 0.3 is 29.6 Å². The molecule has 0 bridgehead atoms. The first-order chi connectivity index (χ1) is 3.80. The Balaban J connectivity index is 0. The Labute approximate surface area is 79.9 Å². The van der Waals surface area contributed by atoms with Gasteiger partial charge in [0.15, 0.2) is 0 Å². The van der Waals surface area contributed by atoms with Crippen LogP contribution in [0.4, 0.5) is 0 Å². The first kappa shape index (κ1) is 9.54. The molecule has 1 aliphatic rings. The van der Waals surface area contributed by atoms with Crippen molar-refractivity contribution < 1.29 is 36.1 Å². The third-order valence-electron chi connectivity index (χ3n) is 1.71. The van der Waals surface area contributed by atoms with Gasteiger partial charge in [-0.3, -0.25) is 0 Å². The maximum absolute atomic E-state index is 9.06. The Bertz CT molecular complexity index is 109. The van der Waals surface area contributed by atoms with Crippen LogP contribution in [0.15, 0.2) is 11.3 Å². The second-order valence-electron chi connectivity index (χ2n) is 2.43. The van der Waals surface area contributed by atoms with Crippen LogP contribution in [-0.2, 0) is 0 Å². The van der Waals surface area contributed by atoms with Crippen molar-refractivity contribution in [3.05, 3.63) is 11.3 Å². The van der Waals surface area contributed by atoms with Crippen LogP contribution in [0.5, 0.6) is 0 Å². The van der Waals surface area contributed by atoms with Gasteiger partial charge in [-0.2, -0.15) is 0 Å². The average molecular weight is 136 g/mol. The van der Waals surface area contributed by atoms with E-state index < -0.39 is 0 Å². The molecule has 0 heterocycles. The molecule has 1 N–H and O–H groups in total. The Morgan fingerprint density at radius 3 is 2.22 bits per heavy atom. The van der Waals surface area contributed by atoms with Crippen molar-refractivity contribution in [3.8, 4) is 0 Å². The second-order valence-corrected chi connectivity index (χ2v) is 2.43. The minimum Gasteiger partial charge on any atom is -1.00 e. The van der Waals surface area contributed by atoms with Crippen LogP contribution in [-0.4, -0.2) is 5.11 Å². The fraction of sp³-hybridized carbons (Fsp3) is 0.714. The largest absolute Gasteiger partial charge is 1.00 e. The smallest absolute Gasteiger partial charge is 1.00 e. The van der Waals surface area contributed by atoms with Gasteiger partial charge in [-0.15, -0.1) is 0 Å². The maximum Gasteiger partial charge on any atom is 1.00 e. The standard InChI is InChI=1S/C7H12O.Na.H/c1-6-4-2-3-5-7(6)8;;/h8H,2-5H2,1H3;;/q;+1;-1. The van der Waals surface area contributed by atoms with E-state index in [0.29, 0.717) is 5.76 Å². The van der Waals surface area contributed by atoms with Gasteiger partial charge in [0, 0.05) is 6.42 Å². The Kier molecular flexibility index (Phi) is 4.63. The molecule has 0 atom stereocenters. The Morgan fingerprint density at radius 1 is 1.33 bits per heavy atom. The molecule has 0 spiro atoms. The summed E-state index contributed by atoms with van der Waals surface area (Å²) in [6, 6.07) is 0. The van der Waals surface area contributed by atoms with E-state index in [1.165, 1.54) is 18.4 Å². The van der Waals surface area contributed by atoms with E-state index in [9.17, 15) is 0 Å². The SMILES string of the molecule is CC1=C(O)CCCC1.[H-].[Na+]. The van der Waals surface area contributed by atoms with Gasteiger partial charge in [0.25, 0.3) is 0 Å². The van der Waals surface area contributed by atoms with Crippen molar-refractivity contribution in [1.82, 2.24) is 0 Å². The van der Waals surface area contributed by atoms with E-state index in [1.807, 2.05) is 6.92 Å². The number of aliphatic hydroxyl groups is 1. The normalized spacial score (nSPS) is 19.2. The molecule has 0 aromatic rings. The van der Waals surface area contributed by atoms with E-state index in [1.54, 1.807) is 0 Å². The van der Waals surface area contributed by atoms with Crippen molar-refractivity contribution in [3.63, 3.8) is 0 Å². The van der Waals surface area contributed by atoms with Gasteiger partial charge in [-0.1, -0.05) is 0 Å². The number of hydrogen-bond donors (Lipinski definition) is 1. The molecule has 1 aliphatic carbocycles. The van der Waals surface area contributed by atoms with E-state index in [2.05, 4.69) is 0 Å². The topological polar surface area (TPSA) is 20.2 Å². The van der Waals surface area contributed by atoms with E-state index >= 15 is 0 Å². The summed E-state index contributed by atoms with van der Waals surface area (Å²) in [5.74, 6) is 0.635. The predicted molar refractivity (Wildman–Crippen MR) is 34.9 cm³/mol. The molecule has 0 aromatic heterocycles. The molecule has 2 heteroatoms. The molecule has 1 nitrogen and oxygen atoms in total. The van der Waals surface area contributed by atoms with Crippen LogP contribution < -0.4 is 29.6 Å². The van der Waals surface area contributed by atoms with E-state index in [0.717, 1.165) is 12.8 Å². The fourth-order valence-electron chi connectivity index (χ4n) is 1.04. The molecule has 0 unspecified atom stereocenters. The molecule has 0 saturated carbocycles. The predicted octanol–water partition coefficient (Wildman–Crippen LogP) is -0.491.